The average Bonchev–Trinajstić information content (AvgIpc) is 3.13. The number of nitrogens with zero attached hydrogens (tertiary/aromatic N) is 5. The van der Waals surface area contributed by atoms with Crippen molar-refractivity contribution < 1.29 is 5.11 Å². The second-order valence-corrected chi connectivity index (χ2v) is 7.47. The number of aromatic nitrogens is 4. The van der Waals surface area contributed by atoms with Crippen molar-refractivity contribution >= 4 is 24.1 Å². The van der Waals surface area contributed by atoms with Crippen molar-refractivity contribution in [1.82, 2.24) is 29.4 Å². The van der Waals surface area contributed by atoms with Gasteiger partial charge in [-0.3, -0.25) is 19.7 Å². The number of rotatable bonds is 7. The van der Waals surface area contributed by atoms with Crippen LogP contribution in [-0.4, -0.2) is 73.8 Å². The van der Waals surface area contributed by atoms with Crippen molar-refractivity contribution in [2.75, 3.05) is 44.6 Å². The predicted molar refractivity (Wildman–Crippen MR) is 118 cm³/mol. The summed E-state index contributed by atoms with van der Waals surface area (Å²) in [6, 6.07) is 9.83. The molecule has 4 rings (SSSR count). The Kier molecular flexibility index (Phi) is 7.43. The molecule has 0 atom stereocenters. The van der Waals surface area contributed by atoms with Gasteiger partial charge in [-0.2, -0.15) is 9.50 Å². The highest BCUT2D eigenvalue weighted by Crippen LogP contribution is 2.09. The molecule has 2 aromatic heterocycles. The van der Waals surface area contributed by atoms with E-state index in [9.17, 15) is 4.79 Å². The van der Waals surface area contributed by atoms with E-state index in [2.05, 4.69) is 61.4 Å². The van der Waals surface area contributed by atoms with Gasteiger partial charge in [0.2, 0.25) is 5.95 Å². The van der Waals surface area contributed by atoms with Crippen molar-refractivity contribution in [3.8, 4) is 0 Å². The fourth-order valence-electron chi connectivity index (χ4n) is 3.52. The molecule has 9 nitrogen and oxygen atoms in total. The number of benzene rings is 1. The van der Waals surface area contributed by atoms with E-state index in [0.717, 1.165) is 37.4 Å². The summed E-state index contributed by atoms with van der Waals surface area (Å²) < 4.78 is 1.36. The van der Waals surface area contributed by atoms with Gasteiger partial charge in [0.15, 0.2) is 0 Å². The maximum atomic E-state index is 12.5. The van der Waals surface area contributed by atoms with E-state index in [1.807, 2.05) is 0 Å². The number of aromatic amines is 1. The number of H-pyrrole nitrogens is 1. The number of hydrogen-bond acceptors (Lipinski definition) is 7. The Morgan fingerprint density at radius 2 is 1.80 bits per heavy atom. The molecule has 1 aliphatic heterocycles. The maximum Gasteiger partial charge on any atom is 0.274 e. The number of aliphatic hydroxyl groups excluding tert-OH is 1. The van der Waals surface area contributed by atoms with Crippen LogP contribution in [0.4, 0.5) is 5.95 Å². The molecule has 0 bridgehead atoms. The van der Waals surface area contributed by atoms with Crippen LogP contribution in [0.15, 0.2) is 35.1 Å². The molecule has 1 aliphatic rings. The van der Waals surface area contributed by atoms with E-state index in [-0.39, 0.29) is 24.6 Å². The van der Waals surface area contributed by atoms with Gasteiger partial charge < -0.3 is 10.4 Å². The van der Waals surface area contributed by atoms with Crippen LogP contribution in [0.5, 0.6) is 0 Å². The van der Waals surface area contributed by atoms with Gasteiger partial charge in [0.25, 0.3) is 11.3 Å². The summed E-state index contributed by atoms with van der Waals surface area (Å²) in [5.74, 6) is 0.891. The molecule has 0 unspecified atom stereocenters. The van der Waals surface area contributed by atoms with Gasteiger partial charge >= 0.3 is 0 Å². The molecule has 0 saturated carbocycles. The lowest BCUT2D eigenvalue weighted by atomic mass is 10.1. The Bertz CT molecular complexity index is 1010. The summed E-state index contributed by atoms with van der Waals surface area (Å²) in [6.07, 6.45) is 0. The smallest absolute Gasteiger partial charge is 0.274 e. The van der Waals surface area contributed by atoms with E-state index in [1.54, 1.807) is 6.07 Å². The number of nitrogens with one attached hydrogen (secondary N) is 2. The van der Waals surface area contributed by atoms with E-state index < -0.39 is 0 Å². The zero-order valence-electron chi connectivity index (χ0n) is 17.0. The third-order valence-corrected chi connectivity index (χ3v) is 5.23. The Morgan fingerprint density at radius 1 is 1.10 bits per heavy atom. The van der Waals surface area contributed by atoms with Crippen molar-refractivity contribution in [2.45, 2.75) is 20.0 Å². The first-order valence-electron chi connectivity index (χ1n) is 9.94. The largest absolute Gasteiger partial charge is 0.395 e. The molecule has 0 radical (unpaired) electrons. The standard InChI is InChI=1S/C20H27N7O2.ClH/c1-15-2-4-16(5-3-15)13-21-19-23-20-22-17(12-18(29)27(20)24-19)14-26-8-6-25(7-9-26)10-11-28;/h2-5,12,28H,6-11,13-14H2,1H3,(H2,21,22,23,24);1H. The monoisotopic (exact) mass is 433 g/mol. The highest BCUT2D eigenvalue weighted by molar-refractivity contribution is 5.85. The van der Waals surface area contributed by atoms with Crippen molar-refractivity contribution in [2.24, 2.45) is 0 Å². The number of aryl methyl sites for hydroxylation is 1. The summed E-state index contributed by atoms with van der Waals surface area (Å²) >= 11 is 0. The minimum Gasteiger partial charge on any atom is -0.395 e. The molecule has 0 amide bonds. The Hall–Kier alpha value is -2.46. The summed E-state index contributed by atoms with van der Waals surface area (Å²) in [5.41, 5.74) is 2.91. The fourth-order valence-corrected chi connectivity index (χ4v) is 3.52. The molecule has 3 heterocycles. The van der Waals surface area contributed by atoms with Crippen molar-refractivity contribution in [1.29, 1.82) is 0 Å². The molecule has 1 saturated heterocycles. The van der Waals surface area contributed by atoms with Crippen LogP contribution in [-0.2, 0) is 13.1 Å². The second kappa shape index (κ2) is 10.0. The van der Waals surface area contributed by atoms with Crippen LogP contribution in [0.3, 0.4) is 0 Å². The molecule has 0 spiro atoms. The third-order valence-electron chi connectivity index (χ3n) is 5.23. The molecule has 3 N–H and O–H groups in total. The Balaban J connectivity index is 0.00000256. The van der Waals surface area contributed by atoms with E-state index >= 15 is 0 Å². The number of fused-ring (bicyclic) bond motifs is 1. The summed E-state index contributed by atoms with van der Waals surface area (Å²) in [5, 5.41) is 15.2. The van der Waals surface area contributed by atoms with Gasteiger partial charge in [-0.15, -0.1) is 12.4 Å². The van der Waals surface area contributed by atoms with Gasteiger partial charge in [0, 0.05) is 51.9 Å². The zero-order chi connectivity index (χ0) is 20.2. The van der Waals surface area contributed by atoms with E-state index in [0.29, 0.717) is 31.4 Å². The van der Waals surface area contributed by atoms with Crippen LogP contribution in [0.25, 0.3) is 5.78 Å². The summed E-state index contributed by atoms with van der Waals surface area (Å²) in [4.78, 5) is 26.0. The first-order chi connectivity index (χ1) is 14.1. The molecule has 1 fully saturated rings. The van der Waals surface area contributed by atoms with Gasteiger partial charge in [0.1, 0.15) is 0 Å². The number of halogens is 1. The topological polar surface area (TPSA) is 102 Å². The van der Waals surface area contributed by atoms with Crippen LogP contribution in [0.2, 0.25) is 0 Å². The molecule has 0 aliphatic carbocycles. The van der Waals surface area contributed by atoms with Crippen LogP contribution in [0, 0.1) is 6.92 Å². The molecule has 30 heavy (non-hydrogen) atoms. The van der Waals surface area contributed by atoms with Crippen LogP contribution >= 0.6 is 12.4 Å². The lowest BCUT2D eigenvalue weighted by Gasteiger charge is -2.34. The molecular formula is C20H28ClN7O2. The highest BCUT2D eigenvalue weighted by Gasteiger charge is 2.18. The predicted octanol–water partition coefficient (Wildman–Crippen LogP) is 0.870. The molecule has 3 aromatic rings. The molecule has 162 valence electrons. The first-order valence-corrected chi connectivity index (χ1v) is 9.94. The summed E-state index contributed by atoms with van der Waals surface area (Å²) in [6.45, 7) is 7.81. The van der Waals surface area contributed by atoms with Crippen molar-refractivity contribution in [3.05, 3.63) is 57.5 Å². The zero-order valence-corrected chi connectivity index (χ0v) is 17.9. The molecule has 1 aromatic carbocycles. The van der Waals surface area contributed by atoms with Gasteiger partial charge in [-0.05, 0) is 12.5 Å². The minimum absolute atomic E-state index is 0. The second-order valence-electron chi connectivity index (χ2n) is 7.47. The quantitative estimate of drug-likeness (QED) is 0.508. The third kappa shape index (κ3) is 5.37. The maximum absolute atomic E-state index is 12.5. The van der Waals surface area contributed by atoms with Crippen LogP contribution in [0.1, 0.15) is 16.8 Å². The normalized spacial score (nSPS) is 15.3. The Labute approximate surface area is 181 Å². The lowest BCUT2D eigenvalue weighted by molar-refractivity contribution is 0.107. The fraction of sp³-hybridized carbons (Fsp3) is 0.450. The minimum atomic E-state index is -0.167. The van der Waals surface area contributed by atoms with E-state index in [1.165, 1.54) is 10.1 Å². The molecular weight excluding hydrogens is 406 g/mol. The van der Waals surface area contributed by atoms with E-state index in [4.69, 9.17) is 5.11 Å². The first kappa shape index (κ1) is 22.2. The summed E-state index contributed by atoms with van der Waals surface area (Å²) in [7, 11) is 0. The average molecular weight is 434 g/mol. The number of aliphatic hydroxyl groups is 1. The number of β-amino-alcohol motifs (C(OH)–C–C–N with tert-alkyl or cyclic N) is 1. The van der Waals surface area contributed by atoms with Gasteiger partial charge in [-0.1, -0.05) is 29.8 Å². The van der Waals surface area contributed by atoms with Gasteiger partial charge in [0.05, 0.1) is 12.3 Å². The van der Waals surface area contributed by atoms with Crippen molar-refractivity contribution in [3.63, 3.8) is 0 Å². The Morgan fingerprint density at radius 3 is 2.50 bits per heavy atom. The SMILES string of the molecule is Cc1ccc(CNc2nc3nc(CN4CCN(CCO)CC4)cc(=O)n3[nH]2)cc1.Cl. The number of anilines is 1. The number of hydrogen-bond donors (Lipinski definition) is 3. The molecule has 10 heteroatoms. The van der Waals surface area contributed by atoms with Crippen LogP contribution < -0.4 is 10.9 Å². The highest BCUT2D eigenvalue weighted by atomic mass is 35.5. The number of piperazine rings is 1. The van der Waals surface area contributed by atoms with Gasteiger partial charge in [-0.25, -0.2) is 4.98 Å². The lowest BCUT2D eigenvalue weighted by Crippen LogP contribution is -2.46.